The van der Waals surface area contributed by atoms with Crippen molar-refractivity contribution in [2.45, 2.75) is 132 Å². The van der Waals surface area contributed by atoms with Gasteiger partial charge in [0, 0.05) is 34.8 Å². The predicted octanol–water partition coefficient (Wildman–Crippen LogP) is 9.42. The van der Waals surface area contributed by atoms with Gasteiger partial charge in [0.2, 0.25) is 17.7 Å². The molecular weight excluding hydrogens is 534 g/mol. The van der Waals surface area contributed by atoms with Crippen LogP contribution in [0.3, 0.4) is 0 Å². The van der Waals surface area contributed by atoms with Gasteiger partial charge in [0.05, 0.1) is 0 Å². The number of carbonyl (C=O) groups excluding carboxylic acids is 3. The number of carbonyl (C=O) groups is 3. The minimum Gasteiger partial charge on any atom is -0.326 e. The summed E-state index contributed by atoms with van der Waals surface area (Å²) in [5.41, 5.74) is 2.42. The molecule has 1 aromatic rings. The summed E-state index contributed by atoms with van der Waals surface area (Å²) in [7, 11) is 0. The Kier molecular flexibility index (Phi) is 11.0. The monoisotopic (exact) mass is 593 g/mol. The van der Waals surface area contributed by atoms with Crippen LogP contribution in [0.25, 0.3) is 0 Å². The van der Waals surface area contributed by atoms with E-state index in [1.807, 2.05) is 18.2 Å². The summed E-state index contributed by atoms with van der Waals surface area (Å²) < 4.78 is 0. The molecule has 0 aromatic heterocycles. The van der Waals surface area contributed by atoms with Crippen molar-refractivity contribution < 1.29 is 14.4 Å². The van der Waals surface area contributed by atoms with Gasteiger partial charge in [-0.15, -0.1) is 0 Å². The second kappa shape index (κ2) is 14.2. The van der Waals surface area contributed by atoms with Crippen molar-refractivity contribution in [3.63, 3.8) is 0 Å². The molecule has 0 unspecified atom stereocenters. The van der Waals surface area contributed by atoms with E-state index in [9.17, 15) is 14.4 Å². The molecule has 240 valence electrons. The fraction of sp³-hybridized carbons (Fsp3) is 0.757. The Morgan fingerprint density at radius 1 is 0.535 bits per heavy atom. The number of anilines is 3. The third-order valence-electron chi connectivity index (χ3n) is 11.2. The zero-order valence-corrected chi connectivity index (χ0v) is 28.1. The molecule has 3 saturated carbocycles. The van der Waals surface area contributed by atoms with Crippen LogP contribution in [0.15, 0.2) is 18.2 Å². The van der Waals surface area contributed by atoms with E-state index in [2.05, 4.69) is 64.4 Å². The van der Waals surface area contributed by atoms with Crippen molar-refractivity contribution in [2.75, 3.05) is 16.0 Å². The van der Waals surface area contributed by atoms with Crippen molar-refractivity contribution in [3.8, 4) is 0 Å². The lowest BCUT2D eigenvalue weighted by Gasteiger charge is -2.36. The largest absolute Gasteiger partial charge is 0.326 e. The number of hydrogen-bond acceptors (Lipinski definition) is 3. The average molecular weight is 594 g/mol. The van der Waals surface area contributed by atoms with Crippen LogP contribution >= 0.6 is 0 Å². The lowest BCUT2D eigenvalue weighted by Crippen LogP contribution is -2.32. The first kappa shape index (κ1) is 33.5. The number of rotatable bonds is 7. The highest BCUT2D eigenvalue weighted by molar-refractivity contribution is 5.99. The molecule has 4 rings (SSSR count). The maximum absolute atomic E-state index is 13.4. The quantitative estimate of drug-likeness (QED) is 0.294. The highest BCUT2D eigenvalue weighted by atomic mass is 16.2. The van der Waals surface area contributed by atoms with E-state index in [0.717, 1.165) is 83.0 Å². The van der Waals surface area contributed by atoms with Crippen molar-refractivity contribution in [1.29, 1.82) is 0 Å². The summed E-state index contributed by atoms with van der Waals surface area (Å²) in [5, 5.41) is 9.43. The summed E-state index contributed by atoms with van der Waals surface area (Å²) in [4.78, 5) is 40.0. The van der Waals surface area contributed by atoms with Gasteiger partial charge in [-0.2, -0.15) is 0 Å². The van der Waals surface area contributed by atoms with E-state index in [1.54, 1.807) is 0 Å². The van der Waals surface area contributed by atoms with Gasteiger partial charge in [0.25, 0.3) is 0 Å². The zero-order chi connectivity index (χ0) is 31.4. The smallest absolute Gasteiger partial charge is 0.227 e. The molecule has 0 saturated heterocycles. The molecule has 3 amide bonds. The van der Waals surface area contributed by atoms with Gasteiger partial charge in [-0.25, -0.2) is 0 Å². The van der Waals surface area contributed by atoms with Gasteiger partial charge in [-0.3, -0.25) is 14.4 Å². The van der Waals surface area contributed by atoms with Crippen LogP contribution in [0, 0.1) is 46.3 Å². The molecule has 0 atom stereocenters. The first-order chi connectivity index (χ1) is 20.2. The third kappa shape index (κ3) is 9.31. The zero-order valence-electron chi connectivity index (χ0n) is 28.1. The standard InChI is InChI=1S/C37H59N3O3/c1-8-24-9-11-25(12-10-24)33(41)38-30-21-31(39-34(42)26-13-17-28(18-14-26)36(2,3)4)23-32(22-30)40-35(43)27-15-19-29(20-16-27)37(5,6)7/h21-29H,8-20H2,1-7H3,(H,38,41)(H,39,42)(H,40,43). The molecule has 1 aromatic carbocycles. The summed E-state index contributed by atoms with van der Waals surface area (Å²) >= 11 is 0. The Bertz CT molecular complexity index is 1040. The molecule has 3 N–H and O–H groups in total. The van der Waals surface area contributed by atoms with Crippen LogP contribution in [0.5, 0.6) is 0 Å². The second-order valence-electron chi connectivity index (χ2n) is 16.2. The van der Waals surface area contributed by atoms with Crippen molar-refractivity contribution in [1.82, 2.24) is 0 Å². The predicted molar refractivity (Wildman–Crippen MR) is 178 cm³/mol. The summed E-state index contributed by atoms with van der Waals surface area (Å²) in [6.07, 6.45) is 13.0. The molecule has 0 heterocycles. The van der Waals surface area contributed by atoms with Crippen molar-refractivity contribution in [3.05, 3.63) is 18.2 Å². The van der Waals surface area contributed by atoms with E-state index in [4.69, 9.17) is 0 Å². The molecule has 3 aliphatic carbocycles. The third-order valence-corrected chi connectivity index (χ3v) is 11.2. The lowest BCUT2D eigenvalue weighted by atomic mass is 9.69. The van der Waals surface area contributed by atoms with Crippen molar-refractivity contribution in [2.24, 2.45) is 46.3 Å². The van der Waals surface area contributed by atoms with Crippen LogP contribution in [0.2, 0.25) is 0 Å². The summed E-state index contributed by atoms with van der Waals surface area (Å²) in [6, 6.07) is 5.54. The van der Waals surface area contributed by atoms with Crippen LogP contribution in [0.1, 0.15) is 132 Å². The van der Waals surface area contributed by atoms with Crippen LogP contribution < -0.4 is 16.0 Å². The molecule has 3 fully saturated rings. The van der Waals surface area contributed by atoms with E-state index >= 15 is 0 Å². The number of benzene rings is 1. The Hall–Kier alpha value is -2.37. The van der Waals surface area contributed by atoms with E-state index < -0.39 is 0 Å². The minimum absolute atomic E-state index is 0.00934. The maximum atomic E-state index is 13.4. The molecule has 0 aliphatic heterocycles. The van der Waals surface area contributed by atoms with Gasteiger partial charge < -0.3 is 16.0 Å². The van der Waals surface area contributed by atoms with Crippen molar-refractivity contribution >= 4 is 34.8 Å². The lowest BCUT2D eigenvalue weighted by molar-refractivity contribution is -0.122. The summed E-state index contributed by atoms with van der Waals surface area (Å²) in [5.74, 6) is 2.10. The normalized spacial score (nSPS) is 28.5. The highest BCUT2D eigenvalue weighted by Gasteiger charge is 2.34. The Balaban J connectivity index is 1.45. The number of amides is 3. The fourth-order valence-corrected chi connectivity index (χ4v) is 7.85. The van der Waals surface area contributed by atoms with Gasteiger partial charge in [0.1, 0.15) is 0 Å². The van der Waals surface area contributed by atoms with Gasteiger partial charge in [-0.1, -0.05) is 54.9 Å². The molecule has 0 bridgehead atoms. The van der Waals surface area contributed by atoms with Gasteiger partial charge in [0.15, 0.2) is 0 Å². The summed E-state index contributed by atoms with van der Waals surface area (Å²) in [6.45, 7) is 16.0. The van der Waals surface area contributed by atoms with Crippen LogP contribution in [-0.2, 0) is 14.4 Å². The molecule has 0 spiro atoms. The fourth-order valence-electron chi connectivity index (χ4n) is 7.85. The Morgan fingerprint density at radius 3 is 1.07 bits per heavy atom. The Labute approximate surface area is 261 Å². The van der Waals surface area contributed by atoms with Crippen LogP contribution in [-0.4, -0.2) is 17.7 Å². The molecule has 43 heavy (non-hydrogen) atoms. The topological polar surface area (TPSA) is 87.3 Å². The average Bonchev–Trinajstić information content (AvgIpc) is 2.96. The highest BCUT2D eigenvalue weighted by Crippen LogP contribution is 2.41. The molecule has 6 heteroatoms. The Morgan fingerprint density at radius 2 is 0.814 bits per heavy atom. The van der Waals surface area contributed by atoms with E-state index in [1.165, 1.54) is 6.42 Å². The van der Waals surface area contributed by atoms with Gasteiger partial charge >= 0.3 is 0 Å². The first-order valence-corrected chi connectivity index (χ1v) is 17.3. The first-order valence-electron chi connectivity index (χ1n) is 17.3. The maximum Gasteiger partial charge on any atom is 0.227 e. The molecular formula is C37H59N3O3. The van der Waals surface area contributed by atoms with Gasteiger partial charge in [-0.05, 0) is 124 Å². The van der Waals surface area contributed by atoms with E-state index in [-0.39, 0.29) is 46.3 Å². The minimum atomic E-state index is -0.0124. The molecule has 6 nitrogen and oxygen atoms in total. The SMILES string of the molecule is CCC1CCC(C(=O)Nc2cc(NC(=O)C3CCC(C(C)(C)C)CC3)cc(NC(=O)C3CCC(C(C)(C)C)CC3)c2)CC1. The second-order valence-corrected chi connectivity index (χ2v) is 16.2. The van der Waals surface area contributed by atoms with Crippen LogP contribution in [0.4, 0.5) is 17.1 Å². The molecule has 0 radical (unpaired) electrons. The van der Waals surface area contributed by atoms with E-state index in [0.29, 0.717) is 28.9 Å². The molecule has 3 aliphatic rings. The number of hydrogen-bond donors (Lipinski definition) is 3. The number of nitrogens with one attached hydrogen (secondary N) is 3.